The monoisotopic (exact) mass is 229 g/mol. The van der Waals surface area contributed by atoms with E-state index < -0.39 is 0 Å². The predicted molar refractivity (Wildman–Crippen MR) is 64.7 cm³/mol. The van der Waals surface area contributed by atoms with Crippen molar-refractivity contribution in [2.45, 2.75) is 38.8 Å². The maximum Gasteiger partial charge on any atom is 0.234 e. The Bertz CT molecular complexity index is 255. The van der Waals surface area contributed by atoms with Gasteiger partial charge in [-0.05, 0) is 33.2 Å². The Morgan fingerprint density at radius 2 is 2.33 bits per heavy atom. The highest BCUT2D eigenvalue weighted by Gasteiger charge is 2.27. The van der Waals surface area contributed by atoms with E-state index >= 15 is 0 Å². The van der Waals surface area contributed by atoms with Crippen molar-refractivity contribution in [1.82, 2.24) is 10.2 Å². The van der Waals surface area contributed by atoms with Gasteiger partial charge in [0.25, 0.3) is 0 Å². The molecule has 1 amide bonds. The molecule has 1 aliphatic heterocycles. The van der Waals surface area contributed by atoms with Crippen LogP contribution in [0, 0.1) is 0 Å². The predicted octanol–water partition coefficient (Wildman–Crippen LogP) is 0.262. The molecule has 0 aromatic rings. The Hall–Kier alpha value is -0.680. The molecule has 86 valence electrons. The molecule has 0 aromatic carbocycles. The second kappa shape index (κ2) is 5.42. The van der Waals surface area contributed by atoms with Crippen molar-refractivity contribution in [3.05, 3.63) is 0 Å². The fraction of sp³-hybridized carbons (Fsp3) is 0.800. The van der Waals surface area contributed by atoms with Crippen LogP contribution in [0.1, 0.15) is 26.7 Å². The number of nitrogens with one attached hydrogen (secondary N) is 1. The van der Waals surface area contributed by atoms with Crippen molar-refractivity contribution in [2.75, 3.05) is 13.1 Å². The summed E-state index contributed by atoms with van der Waals surface area (Å²) in [6, 6.07) is 0.293. The van der Waals surface area contributed by atoms with Crippen LogP contribution >= 0.6 is 12.2 Å². The molecular formula is C10H19N3OS. The molecule has 0 aromatic heterocycles. The minimum absolute atomic E-state index is 0.0492. The van der Waals surface area contributed by atoms with Gasteiger partial charge < -0.3 is 11.1 Å². The summed E-state index contributed by atoms with van der Waals surface area (Å²) in [6.45, 7) is 5.22. The zero-order chi connectivity index (χ0) is 11.4. The quantitative estimate of drug-likeness (QED) is 0.679. The van der Waals surface area contributed by atoms with E-state index in [0.29, 0.717) is 11.5 Å². The number of carbonyl (C=O) groups excluding carboxylic acids is 1. The summed E-state index contributed by atoms with van der Waals surface area (Å²) in [5, 5.41) is 2.86. The minimum Gasteiger partial charge on any atom is -0.392 e. The molecule has 0 aliphatic carbocycles. The number of thiocarbonyl (C=S) groups is 1. The van der Waals surface area contributed by atoms with Crippen molar-refractivity contribution >= 4 is 23.1 Å². The number of nitrogens with two attached hydrogens (primary N) is 1. The number of likely N-dealkylation sites (tertiary alicyclic amines) is 1. The first-order chi connectivity index (χ1) is 7.00. The van der Waals surface area contributed by atoms with E-state index in [1.165, 1.54) is 0 Å². The maximum absolute atomic E-state index is 11.5. The van der Waals surface area contributed by atoms with Crippen molar-refractivity contribution in [1.29, 1.82) is 0 Å². The lowest BCUT2D eigenvalue weighted by atomic mass is 10.2. The van der Waals surface area contributed by atoms with Gasteiger partial charge in [0.15, 0.2) is 0 Å². The Morgan fingerprint density at radius 3 is 2.87 bits per heavy atom. The zero-order valence-electron chi connectivity index (χ0n) is 9.32. The Kier molecular flexibility index (Phi) is 4.47. The third kappa shape index (κ3) is 3.76. The summed E-state index contributed by atoms with van der Waals surface area (Å²) in [4.78, 5) is 14.1. The van der Waals surface area contributed by atoms with Crippen LogP contribution in [-0.2, 0) is 4.79 Å². The van der Waals surface area contributed by atoms with Gasteiger partial charge in [-0.15, -0.1) is 0 Å². The van der Waals surface area contributed by atoms with Crippen molar-refractivity contribution in [2.24, 2.45) is 5.73 Å². The third-order valence-corrected chi connectivity index (χ3v) is 2.76. The standard InChI is InChI=1S/C10H19N3OS/c1-7(2)12-9(14)6-13-5-3-4-8(13)10(11)15/h7-8H,3-6H2,1-2H3,(H2,11,15)(H,12,14). The normalized spacial score (nSPS) is 21.9. The van der Waals surface area contributed by atoms with Gasteiger partial charge in [-0.25, -0.2) is 0 Å². The number of amides is 1. The molecule has 3 N–H and O–H groups in total. The first kappa shape index (κ1) is 12.4. The second-order valence-electron chi connectivity index (χ2n) is 4.25. The summed E-state index contributed by atoms with van der Waals surface area (Å²) in [5.74, 6) is 0.0492. The molecule has 1 rings (SSSR count). The van der Waals surface area contributed by atoms with Crippen LogP contribution in [0.3, 0.4) is 0 Å². The van der Waals surface area contributed by atoms with Gasteiger partial charge in [0.05, 0.1) is 17.6 Å². The summed E-state index contributed by atoms with van der Waals surface area (Å²) in [5.41, 5.74) is 5.62. The van der Waals surface area contributed by atoms with Crippen LogP contribution in [0.25, 0.3) is 0 Å². The van der Waals surface area contributed by atoms with E-state index in [9.17, 15) is 4.79 Å². The molecule has 5 heteroatoms. The fourth-order valence-electron chi connectivity index (χ4n) is 1.89. The highest BCUT2D eigenvalue weighted by Crippen LogP contribution is 2.16. The molecule has 0 radical (unpaired) electrons. The fourth-order valence-corrected chi connectivity index (χ4v) is 2.16. The minimum atomic E-state index is 0.0492. The molecule has 1 aliphatic rings. The van der Waals surface area contributed by atoms with Crippen LogP contribution < -0.4 is 11.1 Å². The molecule has 0 saturated carbocycles. The van der Waals surface area contributed by atoms with Gasteiger partial charge in [0, 0.05) is 6.04 Å². The van der Waals surface area contributed by atoms with Crippen LogP contribution in [0.15, 0.2) is 0 Å². The first-order valence-electron chi connectivity index (χ1n) is 5.33. The molecule has 1 atom stereocenters. The molecule has 1 saturated heterocycles. The summed E-state index contributed by atoms with van der Waals surface area (Å²) < 4.78 is 0. The van der Waals surface area contributed by atoms with Crippen molar-refractivity contribution < 1.29 is 4.79 Å². The summed E-state index contributed by atoms with van der Waals surface area (Å²) in [7, 11) is 0. The van der Waals surface area contributed by atoms with Crippen LogP contribution in [0.5, 0.6) is 0 Å². The molecule has 1 unspecified atom stereocenters. The number of hydrogen-bond acceptors (Lipinski definition) is 3. The van der Waals surface area contributed by atoms with Crippen molar-refractivity contribution in [3.8, 4) is 0 Å². The van der Waals surface area contributed by atoms with E-state index in [1.54, 1.807) is 0 Å². The van der Waals surface area contributed by atoms with Crippen LogP contribution in [0.2, 0.25) is 0 Å². The van der Waals surface area contributed by atoms with Gasteiger partial charge in [-0.1, -0.05) is 12.2 Å². The Morgan fingerprint density at radius 1 is 1.67 bits per heavy atom. The summed E-state index contributed by atoms with van der Waals surface area (Å²) in [6.07, 6.45) is 2.04. The molecule has 15 heavy (non-hydrogen) atoms. The van der Waals surface area contributed by atoms with Gasteiger partial charge in [-0.3, -0.25) is 9.69 Å². The van der Waals surface area contributed by atoms with Gasteiger partial charge in [0.2, 0.25) is 5.91 Å². The number of carbonyl (C=O) groups is 1. The van der Waals surface area contributed by atoms with Gasteiger partial charge >= 0.3 is 0 Å². The van der Waals surface area contributed by atoms with Gasteiger partial charge in [-0.2, -0.15) is 0 Å². The molecule has 0 spiro atoms. The number of rotatable bonds is 4. The second-order valence-corrected chi connectivity index (χ2v) is 4.72. The third-order valence-electron chi connectivity index (χ3n) is 2.49. The maximum atomic E-state index is 11.5. The molecular weight excluding hydrogens is 210 g/mol. The van der Waals surface area contributed by atoms with Crippen LogP contribution in [-0.4, -0.2) is 41.0 Å². The molecule has 0 bridgehead atoms. The Balaban J connectivity index is 2.43. The average molecular weight is 229 g/mol. The zero-order valence-corrected chi connectivity index (χ0v) is 10.1. The highest BCUT2D eigenvalue weighted by atomic mass is 32.1. The summed E-state index contributed by atoms with van der Waals surface area (Å²) >= 11 is 4.98. The topological polar surface area (TPSA) is 58.4 Å². The smallest absolute Gasteiger partial charge is 0.234 e. The number of hydrogen-bond donors (Lipinski definition) is 2. The van der Waals surface area contributed by atoms with E-state index in [4.69, 9.17) is 18.0 Å². The first-order valence-corrected chi connectivity index (χ1v) is 5.74. The lowest BCUT2D eigenvalue weighted by Gasteiger charge is -2.23. The van der Waals surface area contributed by atoms with Gasteiger partial charge in [0.1, 0.15) is 0 Å². The highest BCUT2D eigenvalue weighted by molar-refractivity contribution is 7.80. The largest absolute Gasteiger partial charge is 0.392 e. The molecule has 1 fully saturated rings. The Labute approximate surface area is 96.2 Å². The van der Waals surface area contributed by atoms with E-state index in [1.807, 2.05) is 13.8 Å². The van der Waals surface area contributed by atoms with E-state index in [-0.39, 0.29) is 18.0 Å². The lowest BCUT2D eigenvalue weighted by molar-refractivity contribution is -0.122. The molecule has 1 heterocycles. The molecule has 4 nitrogen and oxygen atoms in total. The van der Waals surface area contributed by atoms with E-state index in [0.717, 1.165) is 19.4 Å². The number of nitrogens with zero attached hydrogens (tertiary/aromatic N) is 1. The van der Waals surface area contributed by atoms with Crippen LogP contribution in [0.4, 0.5) is 0 Å². The lowest BCUT2D eigenvalue weighted by Crippen LogP contribution is -2.45. The van der Waals surface area contributed by atoms with Crippen molar-refractivity contribution in [3.63, 3.8) is 0 Å². The SMILES string of the molecule is CC(C)NC(=O)CN1CCCC1C(N)=S. The average Bonchev–Trinajstić information content (AvgIpc) is 2.50. The van der Waals surface area contributed by atoms with E-state index in [2.05, 4.69) is 10.2 Å².